The Morgan fingerprint density at radius 3 is 2.40 bits per heavy atom. The first-order valence-electron chi connectivity index (χ1n) is 6.67. The molecule has 1 aromatic rings. The van der Waals surface area contributed by atoms with Gasteiger partial charge in [-0.2, -0.15) is 13.2 Å². The van der Waals surface area contributed by atoms with Crippen molar-refractivity contribution in [3.05, 3.63) is 47.3 Å². The van der Waals surface area contributed by atoms with Crippen LogP contribution in [0.4, 0.5) is 13.2 Å². The van der Waals surface area contributed by atoms with Crippen LogP contribution in [0.2, 0.25) is 0 Å². The number of hydrogen-bond donors (Lipinski definition) is 1. The van der Waals surface area contributed by atoms with E-state index < -0.39 is 17.8 Å². The summed E-state index contributed by atoms with van der Waals surface area (Å²) in [5, 5.41) is 3.02. The average molecular weight is 282 g/mol. The van der Waals surface area contributed by atoms with Gasteiger partial charge in [-0.3, -0.25) is 4.85 Å². The van der Waals surface area contributed by atoms with Crippen LogP contribution < -0.4 is 5.32 Å². The molecule has 0 saturated heterocycles. The minimum atomic E-state index is -4.13. The van der Waals surface area contributed by atoms with Gasteiger partial charge in [-0.25, -0.2) is 11.9 Å². The summed E-state index contributed by atoms with van der Waals surface area (Å²) < 4.78 is 38.4. The molecular formula is C15H17F3N2. The molecule has 1 N–H and O–H groups in total. The molecule has 1 aromatic carbocycles. The van der Waals surface area contributed by atoms with E-state index in [9.17, 15) is 13.2 Å². The first-order valence-corrected chi connectivity index (χ1v) is 6.67. The van der Waals surface area contributed by atoms with Crippen LogP contribution in [-0.4, -0.2) is 12.3 Å². The number of hydrogen-bond acceptors (Lipinski definition) is 1. The van der Waals surface area contributed by atoms with E-state index in [0.717, 1.165) is 5.56 Å². The zero-order valence-corrected chi connectivity index (χ0v) is 11.1. The Labute approximate surface area is 116 Å². The fourth-order valence-electron chi connectivity index (χ4n) is 2.28. The lowest BCUT2D eigenvalue weighted by atomic mass is 9.98. The van der Waals surface area contributed by atoms with Crippen molar-refractivity contribution < 1.29 is 13.2 Å². The third kappa shape index (κ3) is 3.51. The quantitative estimate of drug-likeness (QED) is 0.775. The number of alkyl halides is 3. The molecule has 1 unspecified atom stereocenters. The van der Waals surface area contributed by atoms with E-state index in [1.807, 2.05) is 30.3 Å². The van der Waals surface area contributed by atoms with E-state index >= 15 is 0 Å². The third-order valence-electron chi connectivity index (χ3n) is 3.89. The summed E-state index contributed by atoms with van der Waals surface area (Å²) in [4.78, 5) is 3.39. The van der Waals surface area contributed by atoms with Crippen LogP contribution in [0, 0.1) is 12.0 Å². The van der Waals surface area contributed by atoms with Gasteiger partial charge in [0.25, 0.3) is 6.17 Å². The summed E-state index contributed by atoms with van der Waals surface area (Å²) in [7, 11) is 0. The van der Waals surface area contributed by atoms with E-state index in [2.05, 4.69) is 10.2 Å². The second-order valence-corrected chi connectivity index (χ2v) is 5.33. The molecule has 0 amide bonds. The normalized spacial score (nSPS) is 18.3. The molecule has 0 aliphatic heterocycles. The van der Waals surface area contributed by atoms with E-state index in [0.29, 0.717) is 6.54 Å². The maximum atomic E-state index is 12.8. The molecule has 1 atom stereocenters. The van der Waals surface area contributed by atoms with Gasteiger partial charge < -0.3 is 0 Å². The lowest BCUT2D eigenvalue weighted by Crippen LogP contribution is -2.30. The number of benzene rings is 1. The van der Waals surface area contributed by atoms with Crippen LogP contribution >= 0.6 is 0 Å². The van der Waals surface area contributed by atoms with Gasteiger partial charge in [0, 0.05) is 13.0 Å². The molecule has 1 saturated carbocycles. The van der Waals surface area contributed by atoms with Crippen LogP contribution in [0.5, 0.6) is 0 Å². The highest BCUT2D eigenvalue weighted by atomic mass is 19.4. The Hall–Kier alpha value is -1.54. The number of nitrogens with one attached hydrogen (secondary N) is 1. The van der Waals surface area contributed by atoms with Gasteiger partial charge in [0.05, 0.1) is 5.41 Å². The molecule has 1 fully saturated rings. The average Bonchev–Trinajstić information content (AvgIpc) is 3.21. The minimum Gasteiger partial charge on any atom is -0.296 e. The molecule has 1 aliphatic carbocycles. The Balaban J connectivity index is 1.81. The van der Waals surface area contributed by atoms with E-state index in [4.69, 9.17) is 6.57 Å². The van der Waals surface area contributed by atoms with Crippen LogP contribution in [0.1, 0.15) is 31.2 Å². The van der Waals surface area contributed by atoms with Gasteiger partial charge in [-0.1, -0.05) is 30.3 Å². The molecule has 0 bridgehead atoms. The summed E-state index contributed by atoms with van der Waals surface area (Å²) in [6, 6.07) is 9.54. The molecule has 0 spiro atoms. The van der Waals surface area contributed by atoms with Crippen LogP contribution in [0.25, 0.3) is 4.85 Å². The first kappa shape index (κ1) is 14.9. The maximum absolute atomic E-state index is 12.8. The highest BCUT2D eigenvalue weighted by molar-refractivity contribution is 5.14. The summed E-state index contributed by atoms with van der Waals surface area (Å²) in [6.45, 7) is 7.60. The second-order valence-electron chi connectivity index (χ2n) is 5.33. The summed E-state index contributed by atoms with van der Waals surface area (Å²) >= 11 is 0. The fourth-order valence-corrected chi connectivity index (χ4v) is 2.28. The molecular weight excluding hydrogens is 265 g/mol. The Bertz CT molecular complexity index is 472. The van der Waals surface area contributed by atoms with Crippen LogP contribution in [-0.2, 0) is 6.54 Å². The molecule has 0 radical (unpaired) electrons. The summed E-state index contributed by atoms with van der Waals surface area (Å²) in [6.07, 6.45) is -3.96. The predicted molar refractivity (Wildman–Crippen MR) is 70.6 cm³/mol. The number of nitrogens with zero attached hydrogens (tertiary/aromatic N) is 1. The smallest absolute Gasteiger partial charge is 0.296 e. The zero-order valence-electron chi connectivity index (χ0n) is 11.1. The standard InChI is InChI=1S/C15H17F3N2/c1-19-13(20-11-12-5-3-2-4-6-12)7-8-14(9-10-14)15(16,17)18/h2-6,13,20H,7-11H2. The molecule has 108 valence electrons. The Kier molecular flexibility index (Phi) is 4.34. The van der Waals surface area contributed by atoms with Gasteiger partial charge in [0.2, 0.25) is 0 Å². The Morgan fingerprint density at radius 2 is 1.90 bits per heavy atom. The molecule has 2 nitrogen and oxygen atoms in total. The van der Waals surface area contributed by atoms with Gasteiger partial charge in [0.1, 0.15) is 0 Å². The first-order chi connectivity index (χ1) is 9.47. The van der Waals surface area contributed by atoms with E-state index in [-0.39, 0.29) is 25.7 Å². The van der Waals surface area contributed by atoms with Gasteiger partial charge in [0.15, 0.2) is 0 Å². The topological polar surface area (TPSA) is 16.4 Å². The highest BCUT2D eigenvalue weighted by Gasteiger charge is 2.62. The monoisotopic (exact) mass is 282 g/mol. The molecule has 0 aromatic heterocycles. The minimum absolute atomic E-state index is 0.0470. The maximum Gasteiger partial charge on any atom is 0.394 e. The van der Waals surface area contributed by atoms with Crippen molar-refractivity contribution in [2.24, 2.45) is 5.41 Å². The van der Waals surface area contributed by atoms with Crippen molar-refractivity contribution >= 4 is 0 Å². The van der Waals surface area contributed by atoms with Crippen molar-refractivity contribution in [2.45, 2.75) is 44.6 Å². The largest absolute Gasteiger partial charge is 0.394 e. The molecule has 5 heteroatoms. The summed E-state index contributed by atoms with van der Waals surface area (Å²) in [5.74, 6) is 0. The van der Waals surface area contributed by atoms with Crippen LogP contribution in [0.3, 0.4) is 0 Å². The van der Waals surface area contributed by atoms with E-state index in [1.54, 1.807) is 0 Å². The van der Waals surface area contributed by atoms with Gasteiger partial charge in [-0.15, -0.1) is 0 Å². The van der Waals surface area contributed by atoms with Crippen molar-refractivity contribution in [2.75, 3.05) is 0 Å². The highest BCUT2D eigenvalue weighted by Crippen LogP contribution is 2.60. The lowest BCUT2D eigenvalue weighted by Gasteiger charge is -2.19. The predicted octanol–water partition coefficient (Wildman–Crippen LogP) is 4.14. The molecule has 2 rings (SSSR count). The fraction of sp³-hybridized carbons (Fsp3) is 0.533. The molecule has 1 aliphatic rings. The zero-order chi connectivity index (χ0) is 14.6. The molecule has 20 heavy (non-hydrogen) atoms. The van der Waals surface area contributed by atoms with Gasteiger partial charge in [-0.05, 0) is 24.8 Å². The number of halogens is 3. The van der Waals surface area contributed by atoms with Gasteiger partial charge >= 0.3 is 6.18 Å². The lowest BCUT2D eigenvalue weighted by molar-refractivity contribution is -0.189. The second kappa shape index (κ2) is 5.84. The molecule has 0 heterocycles. The van der Waals surface area contributed by atoms with Crippen molar-refractivity contribution in [3.63, 3.8) is 0 Å². The van der Waals surface area contributed by atoms with Crippen molar-refractivity contribution in [1.82, 2.24) is 5.32 Å². The van der Waals surface area contributed by atoms with E-state index in [1.165, 1.54) is 0 Å². The SMILES string of the molecule is [C-]#[N+]C(CCC1(C(F)(F)F)CC1)NCc1ccccc1. The number of rotatable bonds is 6. The van der Waals surface area contributed by atoms with Crippen LogP contribution in [0.15, 0.2) is 30.3 Å². The van der Waals surface area contributed by atoms with Crippen molar-refractivity contribution in [1.29, 1.82) is 0 Å². The third-order valence-corrected chi connectivity index (χ3v) is 3.89. The Morgan fingerprint density at radius 1 is 1.25 bits per heavy atom. The van der Waals surface area contributed by atoms with Crippen molar-refractivity contribution in [3.8, 4) is 0 Å². The summed E-state index contributed by atoms with van der Waals surface area (Å²) in [5.41, 5.74) is -0.484.